The third kappa shape index (κ3) is 4.66. The van der Waals surface area contributed by atoms with Crippen molar-refractivity contribution >= 4 is 11.6 Å². The largest absolute Gasteiger partial charge is 0.383 e. The van der Waals surface area contributed by atoms with Crippen LogP contribution in [0.5, 0.6) is 0 Å². The lowest BCUT2D eigenvalue weighted by molar-refractivity contribution is 0.182. The molecule has 1 aromatic heterocycles. The highest BCUT2D eigenvalue weighted by Gasteiger charge is 2.10. The average Bonchev–Trinajstić information content (AvgIpc) is 2.65. The second kappa shape index (κ2) is 7.69. The van der Waals surface area contributed by atoms with Crippen molar-refractivity contribution in [2.75, 3.05) is 20.3 Å². The van der Waals surface area contributed by atoms with Crippen LogP contribution in [-0.2, 0) is 17.7 Å². The lowest BCUT2D eigenvalue weighted by atomic mass is 10.1. The van der Waals surface area contributed by atoms with Gasteiger partial charge in [0.1, 0.15) is 0 Å². The first kappa shape index (κ1) is 14.5. The van der Waals surface area contributed by atoms with Crippen molar-refractivity contribution in [2.45, 2.75) is 39.3 Å². The highest BCUT2D eigenvalue weighted by Crippen LogP contribution is 2.17. The van der Waals surface area contributed by atoms with Crippen LogP contribution in [-0.4, -0.2) is 36.1 Å². The molecule has 0 aliphatic heterocycles. The van der Waals surface area contributed by atoms with Gasteiger partial charge in [-0.05, 0) is 26.3 Å². The molecule has 0 aliphatic carbocycles. The standard InChI is InChI=1S/C12H22ClN3O/c1-4-14-10(2)5-6-12-11(13)9-15-16(12)7-8-17-3/h9-10,14H,4-8H2,1-3H3. The molecule has 1 unspecified atom stereocenters. The van der Waals surface area contributed by atoms with Crippen LogP contribution >= 0.6 is 11.6 Å². The lowest BCUT2D eigenvalue weighted by Gasteiger charge is -2.13. The number of nitrogens with zero attached hydrogens (tertiary/aromatic N) is 2. The van der Waals surface area contributed by atoms with E-state index in [4.69, 9.17) is 16.3 Å². The van der Waals surface area contributed by atoms with E-state index in [1.807, 2.05) is 4.68 Å². The molecule has 1 heterocycles. The molecule has 0 amide bonds. The average molecular weight is 260 g/mol. The second-order valence-electron chi connectivity index (χ2n) is 4.15. The first-order valence-electron chi connectivity index (χ1n) is 6.11. The minimum atomic E-state index is 0.502. The molecule has 1 N–H and O–H groups in total. The topological polar surface area (TPSA) is 39.1 Å². The Bertz CT molecular complexity index is 328. The fraction of sp³-hybridized carbons (Fsp3) is 0.750. The van der Waals surface area contributed by atoms with Gasteiger partial charge in [0.15, 0.2) is 0 Å². The van der Waals surface area contributed by atoms with Gasteiger partial charge in [0.2, 0.25) is 0 Å². The quantitative estimate of drug-likeness (QED) is 0.777. The number of halogens is 1. The maximum Gasteiger partial charge on any atom is 0.0817 e. The molecular weight excluding hydrogens is 238 g/mol. The summed E-state index contributed by atoms with van der Waals surface area (Å²) in [4.78, 5) is 0. The van der Waals surface area contributed by atoms with Crippen LogP contribution in [0.25, 0.3) is 0 Å². The fourth-order valence-electron chi connectivity index (χ4n) is 1.81. The second-order valence-corrected chi connectivity index (χ2v) is 4.56. The Kier molecular flexibility index (Phi) is 6.55. The molecule has 0 bridgehead atoms. The summed E-state index contributed by atoms with van der Waals surface area (Å²) in [5.41, 5.74) is 1.11. The van der Waals surface area contributed by atoms with E-state index < -0.39 is 0 Å². The molecule has 17 heavy (non-hydrogen) atoms. The normalized spacial score (nSPS) is 12.9. The van der Waals surface area contributed by atoms with Gasteiger partial charge in [0, 0.05) is 13.2 Å². The molecule has 1 aromatic rings. The van der Waals surface area contributed by atoms with Crippen molar-refractivity contribution < 1.29 is 4.74 Å². The van der Waals surface area contributed by atoms with Crippen LogP contribution < -0.4 is 5.32 Å². The van der Waals surface area contributed by atoms with E-state index in [-0.39, 0.29) is 0 Å². The first-order valence-corrected chi connectivity index (χ1v) is 6.49. The van der Waals surface area contributed by atoms with Crippen LogP contribution in [0, 0.1) is 0 Å². The Hall–Kier alpha value is -0.580. The molecule has 1 rings (SSSR count). The maximum atomic E-state index is 6.14. The van der Waals surface area contributed by atoms with Crippen LogP contribution in [0.3, 0.4) is 0 Å². The summed E-state index contributed by atoms with van der Waals surface area (Å²) in [5, 5.41) is 8.41. The third-order valence-corrected chi connectivity index (χ3v) is 3.09. The van der Waals surface area contributed by atoms with E-state index >= 15 is 0 Å². The summed E-state index contributed by atoms with van der Waals surface area (Å²) in [5.74, 6) is 0. The van der Waals surface area contributed by atoms with E-state index in [0.29, 0.717) is 12.6 Å². The fourth-order valence-corrected chi connectivity index (χ4v) is 2.05. The number of hydrogen-bond acceptors (Lipinski definition) is 3. The summed E-state index contributed by atoms with van der Waals surface area (Å²) >= 11 is 6.14. The Balaban J connectivity index is 2.53. The SMILES string of the molecule is CCNC(C)CCc1c(Cl)cnn1CCOC. The van der Waals surface area contributed by atoms with E-state index in [0.717, 1.165) is 36.6 Å². The van der Waals surface area contributed by atoms with Gasteiger partial charge in [-0.15, -0.1) is 0 Å². The van der Waals surface area contributed by atoms with Gasteiger partial charge >= 0.3 is 0 Å². The molecular formula is C12H22ClN3O. The van der Waals surface area contributed by atoms with Gasteiger partial charge in [-0.3, -0.25) is 4.68 Å². The molecule has 0 radical (unpaired) electrons. The highest BCUT2D eigenvalue weighted by molar-refractivity contribution is 6.31. The van der Waals surface area contributed by atoms with E-state index in [2.05, 4.69) is 24.3 Å². The summed E-state index contributed by atoms with van der Waals surface area (Å²) < 4.78 is 6.99. The van der Waals surface area contributed by atoms with Crippen LogP contribution in [0.4, 0.5) is 0 Å². The number of rotatable bonds is 8. The molecule has 0 spiro atoms. The van der Waals surface area contributed by atoms with Gasteiger partial charge < -0.3 is 10.1 Å². The zero-order chi connectivity index (χ0) is 12.7. The van der Waals surface area contributed by atoms with Gasteiger partial charge in [0.05, 0.1) is 30.1 Å². The molecule has 1 atom stereocenters. The van der Waals surface area contributed by atoms with E-state index in [1.165, 1.54) is 0 Å². The lowest BCUT2D eigenvalue weighted by Crippen LogP contribution is -2.26. The van der Waals surface area contributed by atoms with Crippen LogP contribution in [0.2, 0.25) is 5.02 Å². The highest BCUT2D eigenvalue weighted by atomic mass is 35.5. The van der Waals surface area contributed by atoms with Gasteiger partial charge in [0.25, 0.3) is 0 Å². The number of hydrogen-bond donors (Lipinski definition) is 1. The van der Waals surface area contributed by atoms with Crippen molar-refractivity contribution in [1.82, 2.24) is 15.1 Å². The van der Waals surface area contributed by atoms with Gasteiger partial charge in [-0.25, -0.2) is 0 Å². The van der Waals surface area contributed by atoms with Crippen molar-refractivity contribution in [2.24, 2.45) is 0 Å². The molecule has 4 nitrogen and oxygen atoms in total. The molecule has 0 aliphatic rings. The Morgan fingerprint density at radius 3 is 3.00 bits per heavy atom. The van der Waals surface area contributed by atoms with E-state index in [1.54, 1.807) is 13.3 Å². The predicted molar refractivity (Wildman–Crippen MR) is 70.6 cm³/mol. The van der Waals surface area contributed by atoms with Crippen molar-refractivity contribution in [1.29, 1.82) is 0 Å². The first-order chi connectivity index (χ1) is 8.19. The molecule has 0 aromatic carbocycles. The summed E-state index contributed by atoms with van der Waals surface area (Å²) in [7, 11) is 1.69. The van der Waals surface area contributed by atoms with Gasteiger partial charge in [-0.1, -0.05) is 18.5 Å². The number of nitrogens with one attached hydrogen (secondary N) is 1. The van der Waals surface area contributed by atoms with E-state index in [9.17, 15) is 0 Å². The minimum absolute atomic E-state index is 0.502. The molecule has 98 valence electrons. The zero-order valence-electron chi connectivity index (χ0n) is 10.9. The summed E-state index contributed by atoms with van der Waals surface area (Å²) in [6.07, 6.45) is 3.72. The Morgan fingerprint density at radius 2 is 2.35 bits per heavy atom. The smallest absolute Gasteiger partial charge is 0.0817 e. The van der Waals surface area contributed by atoms with Gasteiger partial charge in [-0.2, -0.15) is 5.10 Å². The summed E-state index contributed by atoms with van der Waals surface area (Å²) in [6.45, 7) is 6.72. The number of methoxy groups -OCH3 is 1. The third-order valence-electron chi connectivity index (χ3n) is 2.77. The molecule has 5 heteroatoms. The summed E-state index contributed by atoms with van der Waals surface area (Å²) in [6, 6.07) is 0.502. The maximum absolute atomic E-state index is 6.14. The minimum Gasteiger partial charge on any atom is -0.383 e. The number of aromatic nitrogens is 2. The predicted octanol–water partition coefficient (Wildman–Crippen LogP) is 2.11. The van der Waals surface area contributed by atoms with Crippen molar-refractivity contribution in [3.8, 4) is 0 Å². The number of ether oxygens (including phenoxy) is 1. The Morgan fingerprint density at radius 1 is 1.59 bits per heavy atom. The van der Waals surface area contributed by atoms with Crippen LogP contribution in [0.1, 0.15) is 26.0 Å². The van der Waals surface area contributed by atoms with Crippen LogP contribution in [0.15, 0.2) is 6.20 Å². The van der Waals surface area contributed by atoms with Crippen molar-refractivity contribution in [3.63, 3.8) is 0 Å². The molecule has 0 fully saturated rings. The molecule has 0 saturated heterocycles. The molecule has 0 saturated carbocycles. The Labute approximate surface area is 108 Å². The zero-order valence-corrected chi connectivity index (χ0v) is 11.6. The van der Waals surface area contributed by atoms with Crippen molar-refractivity contribution in [3.05, 3.63) is 16.9 Å². The monoisotopic (exact) mass is 259 g/mol.